The minimum Gasteiger partial charge on any atom is -0.470 e. The number of rotatable bonds is 5. The largest absolute Gasteiger partial charge is 0.470 e. The second-order valence-corrected chi connectivity index (χ2v) is 6.68. The van der Waals surface area contributed by atoms with Crippen molar-refractivity contribution in [2.75, 3.05) is 5.32 Å². The fourth-order valence-electron chi connectivity index (χ4n) is 1.98. The van der Waals surface area contributed by atoms with Crippen LogP contribution in [0.5, 0.6) is 5.75 Å². The van der Waals surface area contributed by atoms with Crippen molar-refractivity contribution in [1.29, 1.82) is 0 Å². The van der Waals surface area contributed by atoms with Gasteiger partial charge in [0.25, 0.3) is 5.91 Å². The molecule has 8 heteroatoms. The summed E-state index contributed by atoms with van der Waals surface area (Å²) < 4.78 is 20.0. The van der Waals surface area contributed by atoms with Gasteiger partial charge in [-0.2, -0.15) is 5.10 Å². The summed E-state index contributed by atoms with van der Waals surface area (Å²) in [6.07, 6.45) is 3.16. The van der Waals surface area contributed by atoms with E-state index in [1.54, 1.807) is 12.3 Å². The van der Waals surface area contributed by atoms with E-state index in [9.17, 15) is 9.18 Å². The number of hydrogen-bond donors (Lipinski definition) is 1. The van der Waals surface area contributed by atoms with Gasteiger partial charge in [0.1, 0.15) is 11.6 Å². The minimum atomic E-state index is -0.430. The molecule has 0 unspecified atom stereocenters. The fourth-order valence-corrected chi connectivity index (χ4v) is 2.96. The average molecular weight is 366 g/mol. The van der Waals surface area contributed by atoms with Crippen molar-refractivity contribution in [2.45, 2.75) is 13.7 Å². The van der Waals surface area contributed by atoms with Crippen LogP contribution in [0.1, 0.15) is 14.5 Å². The molecule has 3 aromatic rings. The van der Waals surface area contributed by atoms with Gasteiger partial charge in [0.2, 0.25) is 0 Å². The first-order chi connectivity index (χ1) is 11.5. The molecule has 2 aromatic heterocycles. The van der Waals surface area contributed by atoms with Crippen LogP contribution >= 0.6 is 22.9 Å². The maximum absolute atomic E-state index is 13.0. The van der Waals surface area contributed by atoms with Crippen molar-refractivity contribution in [1.82, 2.24) is 9.78 Å². The number of benzene rings is 1. The van der Waals surface area contributed by atoms with E-state index in [2.05, 4.69) is 10.4 Å². The molecule has 5 nitrogen and oxygen atoms in total. The standard InChI is InChI=1S/C16H13ClFN3O2S/c1-10-2-5-15(24-10)16(22)20-12-7-19-21(8-12)9-23-14-4-3-11(18)6-13(14)17/h2-8H,9H2,1H3,(H,20,22). The first-order valence-electron chi connectivity index (χ1n) is 6.99. The van der Waals surface area contributed by atoms with Gasteiger partial charge in [0.05, 0.1) is 28.0 Å². The lowest BCUT2D eigenvalue weighted by Crippen LogP contribution is -2.09. The van der Waals surface area contributed by atoms with Gasteiger partial charge in [-0.3, -0.25) is 4.79 Å². The van der Waals surface area contributed by atoms with Gasteiger partial charge >= 0.3 is 0 Å². The van der Waals surface area contributed by atoms with Gasteiger partial charge in [-0.05, 0) is 37.3 Å². The minimum absolute atomic E-state index is 0.0827. The van der Waals surface area contributed by atoms with Crippen LogP contribution in [0.15, 0.2) is 42.7 Å². The third kappa shape index (κ3) is 3.93. The molecule has 0 spiro atoms. The number of carbonyl (C=O) groups excluding carboxylic acids is 1. The molecule has 0 atom stereocenters. The molecule has 1 aromatic carbocycles. The van der Waals surface area contributed by atoms with E-state index < -0.39 is 5.82 Å². The van der Waals surface area contributed by atoms with Gasteiger partial charge < -0.3 is 10.1 Å². The Bertz CT molecular complexity index is 878. The van der Waals surface area contributed by atoms with Gasteiger partial charge in [0, 0.05) is 4.88 Å². The second-order valence-electron chi connectivity index (χ2n) is 4.98. The van der Waals surface area contributed by atoms with E-state index in [1.807, 2.05) is 13.0 Å². The summed E-state index contributed by atoms with van der Waals surface area (Å²) in [5, 5.41) is 7.04. The Morgan fingerprint density at radius 1 is 1.42 bits per heavy atom. The van der Waals surface area contributed by atoms with Crippen molar-refractivity contribution in [3.8, 4) is 5.75 Å². The molecule has 0 aliphatic rings. The average Bonchev–Trinajstić information content (AvgIpc) is 3.15. The molecular weight excluding hydrogens is 353 g/mol. The van der Waals surface area contributed by atoms with Crippen LogP contribution in [-0.4, -0.2) is 15.7 Å². The maximum Gasteiger partial charge on any atom is 0.265 e. The fraction of sp³-hybridized carbons (Fsp3) is 0.125. The Hall–Kier alpha value is -2.38. The number of anilines is 1. The maximum atomic E-state index is 13.0. The molecule has 124 valence electrons. The Kier molecular flexibility index (Phi) is 4.82. The summed E-state index contributed by atoms with van der Waals surface area (Å²) in [4.78, 5) is 13.8. The van der Waals surface area contributed by atoms with Gasteiger partial charge in [-0.25, -0.2) is 9.07 Å². The van der Waals surface area contributed by atoms with Crippen LogP contribution in [0.25, 0.3) is 0 Å². The predicted molar refractivity (Wildman–Crippen MR) is 91.3 cm³/mol. The highest BCUT2D eigenvalue weighted by Gasteiger charge is 2.10. The van der Waals surface area contributed by atoms with E-state index in [1.165, 1.54) is 40.4 Å². The predicted octanol–water partition coefficient (Wildman–Crippen LogP) is 4.33. The molecule has 24 heavy (non-hydrogen) atoms. The van der Waals surface area contributed by atoms with Crippen molar-refractivity contribution in [3.05, 3.63) is 63.3 Å². The van der Waals surface area contributed by atoms with Crippen molar-refractivity contribution < 1.29 is 13.9 Å². The topological polar surface area (TPSA) is 56.2 Å². The van der Waals surface area contributed by atoms with E-state index in [0.717, 1.165) is 4.88 Å². The molecule has 2 heterocycles. The first kappa shape index (κ1) is 16.5. The SMILES string of the molecule is Cc1ccc(C(=O)Nc2cnn(COc3ccc(F)cc3Cl)c2)s1. The highest BCUT2D eigenvalue weighted by atomic mass is 35.5. The Morgan fingerprint density at radius 2 is 2.25 bits per heavy atom. The number of halogens is 2. The molecule has 1 N–H and O–H groups in total. The van der Waals surface area contributed by atoms with E-state index in [0.29, 0.717) is 16.3 Å². The number of amides is 1. The van der Waals surface area contributed by atoms with Crippen LogP contribution in [0.4, 0.5) is 10.1 Å². The summed E-state index contributed by atoms with van der Waals surface area (Å²) in [6, 6.07) is 7.55. The zero-order valence-corrected chi connectivity index (χ0v) is 14.2. The molecule has 0 bridgehead atoms. The number of thiophene rings is 1. The van der Waals surface area contributed by atoms with Crippen LogP contribution in [0, 0.1) is 12.7 Å². The van der Waals surface area contributed by atoms with Crippen LogP contribution < -0.4 is 10.1 Å². The Morgan fingerprint density at radius 3 is 2.96 bits per heavy atom. The second kappa shape index (κ2) is 7.02. The molecule has 0 saturated carbocycles. The molecule has 1 amide bonds. The summed E-state index contributed by atoms with van der Waals surface area (Å²) in [5.74, 6) is -0.261. The van der Waals surface area contributed by atoms with Crippen LogP contribution in [0.2, 0.25) is 5.02 Å². The normalized spacial score (nSPS) is 10.6. The highest BCUT2D eigenvalue weighted by Crippen LogP contribution is 2.25. The Balaban J connectivity index is 1.60. The van der Waals surface area contributed by atoms with E-state index in [4.69, 9.17) is 16.3 Å². The summed E-state index contributed by atoms with van der Waals surface area (Å²) in [5.41, 5.74) is 0.555. The van der Waals surface area contributed by atoms with E-state index >= 15 is 0 Å². The monoisotopic (exact) mass is 365 g/mol. The summed E-state index contributed by atoms with van der Waals surface area (Å²) >= 11 is 7.31. The molecule has 0 saturated heterocycles. The van der Waals surface area contributed by atoms with Crippen LogP contribution in [-0.2, 0) is 6.73 Å². The van der Waals surface area contributed by atoms with Crippen molar-refractivity contribution in [2.24, 2.45) is 0 Å². The van der Waals surface area contributed by atoms with Crippen molar-refractivity contribution in [3.63, 3.8) is 0 Å². The molecule has 0 radical (unpaired) electrons. The third-order valence-electron chi connectivity index (χ3n) is 3.10. The molecule has 0 aliphatic carbocycles. The lowest BCUT2D eigenvalue weighted by atomic mass is 10.3. The number of ether oxygens (including phenoxy) is 1. The number of hydrogen-bond acceptors (Lipinski definition) is 4. The van der Waals surface area contributed by atoms with Crippen LogP contribution in [0.3, 0.4) is 0 Å². The lowest BCUT2D eigenvalue weighted by molar-refractivity contribution is 0.103. The lowest BCUT2D eigenvalue weighted by Gasteiger charge is -2.07. The molecule has 0 fully saturated rings. The molecule has 3 rings (SSSR count). The Labute approximate surface area is 146 Å². The number of aryl methyl sites for hydroxylation is 1. The number of carbonyl (C=O) groups is 1. The number of aromatic nitrogens is 2. The zero-order chi connectivity index (χ0) is 17.1. The van der Waals surface area contributed by atoms with E-state index in [-0.39, 0.29) is 17.7 Å². The molecule has 0 aliphatic heterocycles. The van der Waals surface area contributed by atoms with Crippen molar-refractivity contribution >= 4 is 34.5 Å². The highest BCUT2D eigenvalue weighted by molar-refractivity contribution is 7.14. The number of nitrogens with zero attached hydrogens (tertiary/aromatic N) is 2. The zero-order valence-electron chi connectivity index (χ0n) is 12.6. The molecular formula is C16H13ClFN3O2S. The summed E-state index contributed by atoms with van der Waals surface area (Å²) in [7, 11) is 0. The van der Waals surface area contributed by atoms with Gasteiger partial charge in [-0.15, -0.1) is 11.3 Å². The number of nitrogens with one attached hydrogen (secondary N) is 1. The quantitative estimate of drug-likeness (QED) is 0.732. The van der Waals surface area contributed by atoms with Gasteiger partial charge in [0.15, 0.2) is 6.73 Å². The first-order valence-corrected chi connectivity index (χ1v) is 8.19. The summed E-state index contributed by atoms with van der Waals surface area (Å²) in [6.45, 7) is 2.02. The van der Waals surface area contributed by atoms with Gasteiger partial charge in [-0.1, -0.05) is 11.6 Å². The smallest absolute Gasteiger partial charge is 0.265 e. The third-order valence-corrected chi connectivity index (χ3v) is 4.40.